The third-order valence-corrected chi connectivity index (χ3v) is 4.33. The van der Waals surface area contributed by atoms with Crippen LogP contribution in [0, 0.1) is 11.6 Å². The summed E-state index contributed by atoms with van der Waals surface area (Å²) in [5, 5.41) is 4.87. The fourth-order valence-electron chi connectivity index (χ4n) is 2.68. The molecule has 0 unspecified atom stereocenters. The van der Waals surface area contributed by atoms with Gasteiger partial charge in [0.05, 0.1) is 12.2 Å². The standard InChI is InChI=1S/C22H23F5N2O2/c1-3-4-9-31-19-12-16(22(25,26)27)7-5-15(19)6-8-20(30)29-13-14-10-17(23)21(28-2)18(24)11-14/h5-8,10-12,28H,3-4,9,13H2,1-2H3,(H,29,30)/b8-6+. The van der Waals surface area contributed by atoms with Crippen LogP contribution in [0.15, 0.2) is 36.4 Å². The van der Waals surface area contributed by atoms with Gasteiger partial charge in [0.15, 0.2) is 0 Å². The second kappa shape index (κ2) is 10.8. The molecular weight excluding hydrogens is 419 g/mol. The van der Waals surface area contributed by atoms with Gasteiger partial charge in [0.1, 0.15) is 23.1 Å². The number of carbonyl (C=O) groups excluding carboxylic acids is 1. The van der Waals surface area contributed by atoms with Gasteiger partial charge in [-0.3, -0.25) is 4.79 Å². The van der Waals surface area contributed by atoms with Gasteiger partial charge >= 0.3 is 6.18 Å². The van der Waals surface area contributed by atoms with Gasteiger partial charge in [-0.1, -0.05) is 19.4 Å². The van der Waals surface area contributed by atoms with Gasteiger partial charge in [-0.05, 0) is 42.3 Å². The lowest BCUT2D eigenvalue weighted by atomic mass is 10.1. The molecule has 0 aliphatic heterocycles. The van der Waals surface area contributed by atoms with Gasteiger partial charge in [-0.25, -0.2) is 8.78 Å². The first-order valence-corrected chi connectivity index (χ1v) is 9.61. The average Bonchev–Trinajstić information content (AvgIpc) is 2.70. The number of halogens is 5. The van der Waals surface area contributed by atoms with Crippen LogP contribution >= 0.6 is 0 Å². The van der Waals surface area contributed by atoms with Crippen LogP contribution in [0.2, 0.25) is 0 Å². The van der Waals surface area contributed by atoms with E-state index in [2.05, 4.69) is 10.6 Å². The molecule has 9 heteroatoms. The van der Waals surface area contributed by atoms with E-state index in [1.165, 1.54) is 19.2 Å². The fourth-order valence-corrected chi connectivity index (χ4v) is 2.68. The molecule has 2 N–H and O–H groups in total. The molecule has 0 saturated carbocycles. The number of hydrogen-bond acceptors (Lipinski definition) is 3. The molecule has 4 nitrogen and oxygen atoms in total. The number of alkyl halides is 3. The Kier molecular flexibility index (Phi) is 8.41. The molecule has 0 aliphatic rings. The summed E-state index contributed by atoms with van der Waals surface area (Å²) < 4.78 is 71.9. The number of unbranched alkanes of at least 4 members (excludes halogenated alkanes) is 1. The number of benzene rings is 2. The Balaban J connectivity index is 2.10. The van der Waals surface area contributed by atoms with E-state index in [-0.39, 0.29) is 30.2 Å². The molecule has 168 valence electrons. The molecule has 0 atom stereocenters. The van der Waals surface area contributed by atoms with Crippen molar-refractivity contribution in [1.29, 1.82) is 0 Å². The number of ether oxygens (including phenoxy) is 1. The van der Waals surface area contributed by atoms with Gasteiger partial charge in [-0.2, -0.15) is 13.2 Å². The minimum atomic E-state index is -4.52. The maximum atomic E-state index is 13.8. The minimum absolute atomic E-state index is 0.0131. The largest absolute Gasteiger partial charge is 0.493 e. The summed E-state index contributed by atoms with van der Waals surface area (Å²) in [5.41, 5.74) is -0.605. The van der Waals surface area contributed by atoms with Gasteiger partial charge in [0.25, 0.3) is 0 Å². The van der Waals surface area contributed by atoms with Crippen LogP contribution < -0.4 is 15.4 Å². The van der Waals surface area contributed by atoms with Crippen molar-refractivity contribution >= 4 is 17.7 Å². The molecule has 2 rings (SSSR count). The topological polar surface area (TPSA) is 50.4 Å². The zero-order chi connectivity index (χ0) is 23.0. The second-order valence-electron chi connectivity index (χ2n) is 6.69. The van der Waals surface area contributed by atoms with Crippen molar-refractivity contribution in [1.82, 2.24) is 5.32 Å². The maximum Gasteiger partial charge on any atom is 0.416 e. The molecule has 0 fully saturated rings. The van der Waals surface area contributed by atoms with E-state index in [1.807, 2.05) is 6.92 Å². The van der Waals surface area contributed by atoms with Gasteiger partial charge in [0, 0.05) is 25.2 Å². The Morgan fingerprint density at radius 2 is 1.81 bits per heavy atom. The maximum absolute atomic E-state index is 13.8. The van der Waals surface area contributed by atoms with Gasteiger partial charge < -0.3 is 15.4 Å². The summed E-state index contributed by atoms with van der Waals surface area (Å²) in [4.78, 5) is 12.1. The van der Waals surface area contributed by atoms with E-state index in [0.717, 1.165) is 36.8 Å². The molecule has 2 aromatic rings. The zero-order valence-electron chi connectivity index (χ0n) is 17.1. The van der Waals surface area contributed by atoms with E-state index in [9.17, 15) is 26.7 Å². The van der Waals surface area contributed by atoms with Crippen molar-refractivity contribution in [3.63, 3.8) is 0 Å². The lowest BCUT2D eigenvalue weighted by Crippen LogP contribution is -2.20. The number of carbonyl (C=O) groups is 1. The third kappa shape index (κ3) is 6.97. The molecule has 0 aliphatic carbocycles. The Bertz CT molecular complexity index is 919. The first-order chi connectivity index (χ1) is 14.7. The number of anilines is 1. The summed E-state index contributed by atoms with van der Waals surface area (Å²) in [5.74, 6) is -2.15. The number of hydrogen-bond donors (Lipinski definition) is 2. The normalized spacial score (nSPS) is 11.6. The monoisotopic (exact) mass is 442 g/mol. The van der Waals surface area contributed by atoms with Crippen molar-refractivity contribution in [2.45, 2.75) is 32.5 Å². The first kappa shape index (κ1) is 24.2. The molecule has 1 amide bonds. The fraction of sp³-hybridized carbons (Fsp3) is 0.318. The highest BCUT2D eigenvalue weighted by Crippen LogP contribution is 2.33. The van der Waals surface area contributed by atoms with Crippen molar-refractivity contribution in [2.24, 2.45) is 0 Å². The van der Waals surface area contributed by atoms with Crippen LogP contribution in [0.1, 0.15) is 36.5 Å². The van der Waals surface area contributed by atoms with Crippen LogP contribution in [0.25, 0.3) is 6.08 Å². The van der Waals surface area contributed by atoms with Crippen molar-refractivity contribution in [2.75, 3.05) is 19.0 Å². The van der Waals surface area contributed by atoms with Crippen LogP contribution in [-0.2, 0) is 17.5 Å². The minimum Gasteiger partial charge on any atom is -0.493 e. The Morgan fingerprint density at radius 1 is 1.13 bits per heavy atom. The molecule has 2 aromatic carbocycles. The highest BCUT2D eigenvalue weighted by molar-refractivity contribution is 5.92. The third-order valence-electron chi connectivity index (χ3n) is 4.33. The van der Waals surface area contributed by atoms with E-state index in [1.54, 1.807) is 0 Å². The quantitative estimate of drug-likeness (QED) is 0.305. The smallest absolute Gasteiger partial charge is 0.416 e. The van der Waals surface area contributed by atoms with Gasteiger partial charge in [0.2, 0.25) is 5.91 Å². The highest BCUT2D eigenvalue weighted by Gasteiger charge is 2.31. The summed E-state index contributed by atoms with van der Waals surface area (Å²) in [6, 6.07) is 5.19. The van der Waals surface area contributed by atoms with Crippen molar-refractivity contribution in [3.8, 4) is 5.75 Å². The predicted molar refractivity (Wildman–Crippen MR) is 109 cm³/mol. The Hall–Kier alpha value is -3.10. The lowest BCUT2D eigenvalue weighted by molar-refractivity contribution is -0.137. The molecule has 0 saturated heterocycles. The van der Waals surface area contributed by atoms with E-state index >= 15 is 0 Å². The van der Waals surface area contributed by atoms with Crippen LogP contribution in [0.3, 0.4) is 0 Å². The molecule has 0 aromatic heterocycles. The molecular formula is C22H23F5N2O2. The molecule has 0 spiro atoms. The Labute approximate surface area is 177 Å². The first-order valence-electron chi connectivity index (χ1n) is 9.61. The van der Waals surface area contributed by atoms with E-state index in [4.69, 9.17) is 4.74 Å². The number of nitrogens with one attached hydrogen (secondary N) is 2. The highest BCUT2D eigenvalue weighted by atomic mass is 19.4. The summed E-state index contributed by atoms with van der Waals surface area (Å²) in [6.45, 7) is 2.03. The lowest BCUT2D eigenvalue weighted by Gasteiger charge is -2.13. The van der Waals surface area contributed by atoms with Crippen LogP contribution in [0.5, 0.6) is 5.75 Å². The summed E-state index contributed by atoms with van der Waals surface area (Å²) in [7, 11) is 1.38. The molecule has 0 bridgehead atoms. The van der Waals surface area contributed by atoms with Crippen molar-refractivity contribution in [3.05, 3.63) is 64.7 Å². The summed E-state index contributed by atoms with van der Waals surface area (Å²) in [6.07, 6.45) is -0.607. The zero-order valence-corrected chi connectivity index (χ0v) is 17.1. The molecule has 0 radical (unpaired) electrons. The Morgan fingerprint density at radius 3 is 2.39 bits per heavy atom. The summed E-state index contributed by atoms with van der Waals surface area (Å²) >= 11 is 0. The second-order valence-corrected chi connectivity index (χ2v) is 6.69. The van der Waals surface area contributed by atoms with Crippen LogP contribution in [-0.4, -0.2) is 19.6 Å². The molecule has 0 heterocycles. The van der Waals surface area contributed by atoms with E-state index in [0.29, 0.717) is 12.0 Å². The van der Waals surface area contributed by atoms with Gasteiger partial charge in [-0.15, -0.1) is 0 Å². The van der Waals surface area contributed by atoms with Crippen molar-refractivity contribution < 1.29 is 31.5 Å². The average molecular weight is 442 g/mol. The molecule has 31 heavy (non-hydrogen) atoms. The predicted octanol–water partition coefficient (Wildman–Crippen LogP) is 5.53. The SMILES string of the molecule is CCCCOc1cc(C(F)(F)F)ccc1/C=C/C(=O)NCc1cc(F)c(NC)c(F)c1. The number of rotatable bonds is 9. The van der Waals surface area contributed by atoms with E-state index < -0.39 is 29.3 Å². The number of amides is 1. The van der Waals surface area contributed by atoms with Crippen LogP contribution in [0.4, 0.5) is 27.6 Å².